The number of carbonyl (C=O) groups is 1. The van der Waals surface area contributed by atoms with E-state index in [1.165, 1.54) is 0 Å². The first-order valence-corrected chi connectivity index (χ1v) is 6.80. The lowest BCUT2D eigenvalue weighted by atomic mass is 10.1. The molecule has 0 aliphatic rings. The maximum atomic E-state index is 9.79. The van der Waals surface area contributed by atoms with E-state index in [1.54, 1.807) is 27.0 Å². The van der Waals surface area contributed by atoms with Crippen molar-refractivity contribution in [3.63, 3.8) is 0 Å². The Balaban J connectivity index is 0.000000261. The third kappa shape index (κ3) is 6.74. The number of hydrogen-bond acceptors (Lipinski definition) is 4. The maximum absolute atomic E-state index is 9.79. The summed E-state index contributed by atoms with van der Waals surface area (Å²) in [5.41, 5.74) is 1.38. The van der Waals surface area contributed by atoms with Gasteiger partial charge in [-0.2, -0.15) is 0 Å². The fraction of sp³-hybridized carbons (Fsp3) is 0.294. The molecule has 118 valence electrons. The van der Waals surface area contributed by atoms with Crippen molar-refractivity contribution in [3.8, 4) is 0 Å². The van der Waals surface area contributed by atoms with Crippen LogP contribution >= 0.6 is 0 Å². The lowest BCUT2D eigenvalue weighted by Crippen LogP contribution is -2.22. The van der Waals surface area contributed by atoms with Crippen LogP contribution in [0.15, 0.2) is 48.9 Å². The predicted molar refractivity (Wildman–Crippen MR) is 86.1 cm³/mol. The number of para-hydroxylation sites is 1. The second kappa shape index (κ2) is 7.45. The van der Waals surface area contributed by atoms with E-state index in [1.807, 2.05) is 30.3 Å². The second-order valence-electron chi connectivity index (χ2n) is 5.76. The standard InChI is InChI=1S/C12H11NO.C5H10O3/c1-9(14)6-10-7-11-4-2-3-5-12(11)13-8-10;1-5(2,3)8-4(6)7/h2-5,7-8,14H,1,6H2;1-3H3,(H,6,7). The summed E-state index contributed by atoms with van der Waals surface area (Å²) in [5, 5.41) is 18.2. The molecule has 0 aliphatic heterocycles. The number of aromatic nitrogens is 1. The number of rotatable bonds is 2. The quantitative estimate of drug-likeness (QED) is 0.637. The van der Waals surface area contributed by atoms with Gasteiger partial charge in [0.1, 0.15) is 5.60 Å². The molecule has 5 nitrogen and oxygen atoms in total. The van der Waals surface area contributed by atoms with Gasteiger partial charge in [0.2, 0.25) is 0 Å². The fourth-order valence-electron chi connectivity index (χ4n) is 1.71. The van der Waals surface area contributed by atoms with Gasteiger partial charge in [-0.25, -0.2) is 4.79 Å². The molecule has 0 saturated heterocycles. The second-order valence-corrected chi connectivity index (χ2v) is 5.76. The molecule has 2 N–H and O–H groups in total. The van der Waals surface area contributed by atoms with Gasteiger partial charge in [-0.3, -0.25) is 4.98 Å². The Hall–Kier alpha value is -2.56. The third-order valence-electron chi connectivity index (χ3n) is 2.45. The highest BCUT2D eigenvalue weighted by atomic mass is 16.7. The number of hydrogen-bond donors (Lipinski definition) is 2. The minimum absolute atomic E-state index is 0.169. The maximum Gasteiger partial charge on any atom is 0.506 e. The van der Waals surface area contributed by atoms with Crippen LogP contribution in [0.5, 0.6) is 0 Å². The predicted octanol–water partition coefficient (Wildman–Crippen LogP) is 4.33. The molecule has 0 saturated carbocycles. The monoisotopic (exact) mass is 303 g/mol. The Bertz CT molecular complexity index is 659. The van der Waals surface area contributed by atoms with Gasteiger partial charge < -0.3 is 14.9 Å². The molecule has 1 heterocycles. The summed E-state index contributed by atoms with van der Waals surface area (Å²) in [6, 6.07) is 9.92. The van der Waals surface area contributed by atoms with Crippen molar-refractivity contribution in [1.82, 2.24) is 4.98 Å². The Labute approximate surface area is 129 Å². The Morgan fingerprint density at radius 3 is 2.41 bits per heavy atom. The van der Waals surface area contributed by atoms with Crippen LogP contribution in [0, 0.1) is 0 Å². The first kappa shape index (κ1) is 17.5. The molecule has 0 spiro atoms. The molecule has 5 heteroatoms. The van der Waals surface area contributed by atoms with Crippen LogP contribution in [-0.4, -0.2) is 27.0 Å². The first-order valence-electron chi connectivity index (χ1n) is 6.80. The van der Waals surface area contributed by atoms with Crippen molar-refractivity contribution < 1.29 is 19.7 Å². The van der Waals surface area contributed by atoms with Crippen LogP contribution in [0.1, 0.15) is 26.3 Å². The fourth-order valence-corrected chi connectivity index (χ4v) is 1.71. The van der Waals surface area contributed by atoms with E-state index in [0.717, 1.165) is 16.5 Å². The van der Waals surface area contributed by atoms with Crippen LogP contribution in [0.2, 0.25) is 0 Å². The van der Waals surface area contributed by atoms with Crippen LogP contribution in [0.25, 0.3) is 10.9 Å². The summed E-state index contributed by atoms with van der Waals surface area (Å²) in [5.74, 6) is 0.169. The molecule has 1 aromatic heterocycles. The minimum atomic E-state index is -1.22. The number of carboxylic acid groups (broad SMARTS) is 1. The molecule has 0 atom stereocenters. The number of allylic oxidation sites excluding steroid dienone is 1. The number of fused-ring (bicyclic) bond motifs is 1. The van der Waals surface area contributed by atoms with E-state index in [2.05, 4.69) is 16.3 Å². The van der Waals surface area contributed by atoms with Crippen molar-refractivity contribution >= 4 is 17.1 Å². The van der Waals surface area contributed by atoms with E-state index in [0.29, 0.717) is 6.42 Å². The van der Waals surface area contributed by atoms with E-state index >= 15 is 0 Å². The Kier molecular flexibility index (Phi) is 5.92. The normalized spacial score (nSPS) is 10.5. The zero-order valence-electron chi connectivity index (χ0n) is 13.0. The molecule has 1 aromatic carbocycles. The zero-order chi connectivity index (χ0) is 16.8. The lowest BCUT2D eigenvalue weighted by Gasteiger charge is -2.15. The van der Waals surface area contributed by atoms with Gasteiger partial charge >= 0.3 is 6.16 Å². The highest BCUT2D eigenvalue weighted by Gasteiger charge is 2.13. The van der Waals surface area contributed by atoms with Crippen LogP contribution in [-0.2, 0) is 11.2 Å². The summed E-state index contributed by atoms with van der Waals surface area (Å²) in [4.78, 5) is 14.1. The molecule has 0 fully saturated rings. The van der Waals surface area contributed by atoms with E-state index in [-0.39, 0.29) is 5.76 Å². The molecular formula is C17H21NO4. The number of aliphatic hydroxyl groups is 1. The van der Waals surface area contributed by atoms with E-state index in [4.69, 9.17) is 10.2 Å². The summed E-state index contributed by atoms with van der Waals surface area (Å²) in [6.45, 7) is 8.50. The minimum Gasteiger partial charge on any atom is -0.513 e. The average Bonchev–Trinajstić information content (AvgIpc) is 2.35. The summed E-state index contributed by atoms with van der Waals surface area (Å²) in [6.07, 6.45) is 1.01. The topological polar surface area (TPSA) is 79.7 Å². The molecule has 0 bridgehead atoms. The van der Waals surface area contributed by atoms with Crippen molar-refractivity contribution in [2.24, 2.45) is 0 Å². The molecular weight excluding hydrogens is 282 g/mol. The van der Waals surface area contributed by atoms with Crippen molar-refractivity contribution in [1.29, 1.82) is 0 Å². The van der Waals surface area contributed by atoms with Gasteiger partial charge in [-0.15, -0.1) is 0 Å². The smallest absolute Gasteiger partial charge is 0.506 e. The van der Waals surface area contributed by atoms with Crippen LogP contribution < -0.4 is 0 Å². The first-order chi connectivity index (χ1) is 10.2. The Morgan fingerprint density at radius 1 is 1.27 bits per heavy atom. The Morgan fingerprint density at radius 2 is 1.91 bits per heavy atom. The molecule has 22 heavy (non-hydrogen) atoms. The number of benzene rings is 1. The largest absolute Gasteiger partial charge is 0.513 e. The third-order valence-corrected chi connectivity index (χ3v) is 2.45. The van der Waals surface area contributed by atoms with E-state index < -0.39 is 11.8 Å². The zero-order valence-corrected chi connectivity index (χ0v) is 13.0. The molecule has 2 rings (SSSR count). The molecule has 2 aromatic rings. The highest BCUT2D eigenvalue weighted by Crippen LogP contribution is 2.14. The van der Waals surface area contributed by atoms with Crippen molar-refractivity contribution in [2.45, 2.75) is 32.8 Å². The molecule has 0 unspecified atom stereocenters. The van der Waals surface area contributed by atoms with Crippen LogP contribution in [0.4, 0.5) is 4.79 Å². The van der Waals surface area contributed by atoms with Gasteiger partial charge in [0.25, 0.3) is 0 Å². The average molecular weight is 303 g/mol. The van der Waals surface area contributed by atoms with Gasteiger partial charge in [0.05, 0.1) is 11.3 Å². The SMILES string of the molecule is C=C(O)Cc1cnc2ccccc2c1.CC(C)(C)OC(=O)O. The van der Waals surface area contributed by atoms with Gasteiger partial charge in [0, 0.05) is 18.0 Å². The summed E-state index contributed by atoms with van der Waals surface area (Å²) in [7, 11) is 0. The molecule has 0 aliphatic carbocycles. The lowest BCUT2D eigenvalue weighted by molar-refractivity contribution is 0.0150. The number of aliphatic hydroxyl groups excluding tert-OH is 1. The van der Waals surface area contributed by atoms with Gasteiger partial charge in [0.15, 0.2) is 0 Å². The van der Waals surface area contributed by atoms with Gasteiger partial charge in [-0.1, -0.05) is 24.8 Å². The van der Waals surface area contributed by atoms with Gasteiger partial charge in [-0.05, 0) is 38.5 Å². The summed E-state index contributed by atoms with van der Waals surface area (Å²) < 4.78 is 4.35. The number of ether oxygens (including phenoxy) is 1. The number of pyridine rings is 1. The van der Waals surface area contributed by atoms with Crippen molar-refractivity contribution in [2.75, 3.05) is 0 Å². The highest BCUT2D eigenvalue weighted by molar-refractivity contribution is 5.78. The molecule has 0 radical (unpaired) electrons. The van der Waals surface area contributed by atoms with Crippen molar-refractivity contribution in [3.05, 3.63) is 54.4 Å². The number of nitrogens with zero attached hydrogens (tertiary/aromatic N) is 1. The molecule has 0 amide bonds. The van der Waals surface area contributed by atoms with E-state index in [9.17, 15) is 4.79 Å². The summed E-state index contributed by atoms with van der Waals surface area (Å²) >= 11 is 0. The van der Waals surface area contributed by atoms with Crippen LogP contribution in [0.3, 0.4) is 0 Å².